The van der Waals surface area contributed by atoms with Crippen molar-refractivity contribution in [3.05, 3.63) is 47.8 Å². The lowest BCUT2D eigenvalue weighted by Gasteiger charge is -2.08. The van der Waals surface area contributed by atoms with Gasteiger partial charge in [0, 0.05) is 20.2 Å². The van der Waals surface area contributed by atoms with Crippen LogP contribution in [0.25, 0.3) is 0 Å². The van der Waals surface area contributed by atoms with Crippen molar-refractivity contribution in [1.29, 1.82) is 0 Å². The Morgan fingerprint density at radius 3 is 2.92 bits per heavy atom. The molecule has 0 saturated carbocycles. The van der Waals surface area contributed by atoms with E-state index < -0.39 is 0 Å². The highest BCUT2D eigenvalue weighted by Crippen LogP contribution is 2.32. The fourth-order valence-corrected chi connectivity index (χ4v) is 2.25. The van der Waals surface area contributed by atoms with Gasteiger partial charge in [-0.05, 0) is 29.8 Å². The number of carbonyl (C=O) groups is 1. The second-order valence-electron chi connectivity index (χ2n) is 5.22. The normalized spacial score (nSPS) is 12.0. The number of nitrogens with one attached hydrogen (secondary N) is 2. The summed E-state index contributed by atoms with van der Waals surface area (Å²) in [6.07, 6.45) is 1.63. The van der Waals surface area contributed by atoms with Gasteiger partial charge in [-0.15, -0.1) is 0 Å². The molecular formula is C17H19N3O4. The molecule has 7 heteroatoms. The van der Waals surface area contributed by atoms with E-state index in [1.807, 2.05) is 24.3 Å². The smallest absolute Gasteiger partial charge is 0.270 e. The molecule has 3 rings (SSSR count). The molecule has 0 atom stereocenters. The maximum Gasteiger partial charge on any atom is 0.270 e. The van der Waals surface area contributed by atoms with Gasteiger partial charge in [0.25, 0.3) is 5.91 Å². The zero-order chi connectivity index (χ0) is 16.8. The number of methoxy groups -OCH3 is 1. The molecule has 2 N–H and O–H groups in total. The average molecular weight is 329 g/mol. The molecule has 1 aliphatic rings. The van der Waals surface area contributed by atoms with Crippen LogP contribution in [0.3, 0.4) is 0 Å². The second kappa shape index (κ2) is 7.65. The molecule has 2 heterocycles. The van der Waals surface area contributed by atoms with Crippen molar-refractivity contribution in [3.63, 3.8) is 0 Å². The van der Waals surface area contributed by atoms with E-state index >= 15 is 0 Å². The van der Waals surface area contributed by atoms with Gasteiger partial charge in [-0.2, -0.15) is 0 Å². The SMILES string of the molecule is COCCNc1ccc(C(=O)NCc2ccc3c(c2)OCO3)nc1. The number of pyridine rings is 1. The minimum absolute atomic E-state index is 0.226. The van der Waals surface area contributed by atoms with E-state index in [1.54, 1.807) is 19.4 Å². The molecule has 0 unspecified atom stereocenters. The van der Waals surface area contributed by atoms with Crippen LogP contribution in [-0.4, -0.2) is 37.9 Å². The van der Waals surface area contributed by atoms with Gasteiger partial charge in [-0.25, -0.2) is 4.98 Å². The molecule has 1 aromatic heterocycles. The van der Waals surface area contributed by atoms with Crippen molar-refractivity contribution in [2.75, 3.05) is 32.4 Å². The average Bonchev–Trinajstić information content (AvgIpc) is 3.08. The number of aromatic nitrogens is 1. The number of carbonyl (C=O) groups excluding carboxylic acids is 1. The summed E-state index contributed by atoms with van der Waals surface area (Å²) in [5.41, 5.74) is 2.15. The lowest BCUT2D eigenvalue weighted by atomic mass is 10.2. The fourth-order valence-electron chi connectivity index (χ4n) is 2.25. The Kier molecular flexibility index (Phi) is 5.12. The van der Waals surface area contributed by atoms with Crippen molar-refractivity contribution < 1.29 is 19.0 Å². The Morgan fingerprint density at radius 2 is 2.12 bits per heavy atom. The molecule has 1 aromatic carbocycles. The first-order valence-electron chi connectivity index (χ1n) is 7.62. The molecule has 0 spiro atoms. The van der Waals surface area contributed by atoms with Crippen LogP contribution in [0.4, 0.5) is 5.69 Å². The predicted octanol–water partition coefficient (Wildman–Crippen LogP) is 1.80. The minimum Gasteiger partial charge on any atom is -0.454 e. The van der Waals surface area contributed by atoms with Crippen LogP contribution >= 0.6 is 0 Å². The summed E-state index contributed by atoms with van der Waals surface area (Å²) < 4.78 is 15.5. The first kappa shape index (κ1) is 16.1. The number of anilines is 1. The molecule has 1 amide bonds. The Balaban J connectivity index is 1.53. The number of ether oxygens (including phenoxy) is 3. The van der Waals surface area contributed by atoms with E-state index in [9.17, 15) is 4.79 Å². The Labute approximate surface area is 139 Å². The quantitative estimate of drug-likeness (QED) is 0.754. The summed E-state index contributed by atoms with van der Waals surface area (Å²) in [5, 5.41) is 5.99. The van der Waals surface area contributed by atoms with Crippen molar-refractivity contribution in [2.24, 2.45) is 0 Å². The first-order valence-corrected chi connectivity index (χ1v) is 7.62. The van der Waals surface area contributed by atoms with Crippen LogP contribution in [0.5, 0.6) is 11.5 Å². The summed E-state index contributed by atoms with van der Waals surface area (Å²) in [6.45, 7) is 1.93. The van der Waals surface area contributed by atoms with Gasteiger partial charge in [-0.3, -0.25) is 4.79 Å². The number of amides is 1. The Bertz CT molecular complexity index is 703. The number of hydrogen-bond donors (Lipinski definition) is 2. The molecule has 0 radical (unpaired) electrons. The van der Waals surface area contributed by atoms with Crippen LogP contribution in [-0.2, 0) is 11.3 Å². The third-order valence-electron chi connectivity index (χ3n) is 3.52. The monoisotopic (exact) mass is 329 g/mol. The summed E-state index contributed by atoms with van der Waals surface area (Å²) in [5.74, 6) is 1.20. The molecule has 0 bridgehead atoms. The molecule has 24 heavy (non-hydrogen) atoms. The molecule has 0 fully saturated rings. The van der Waals surface area contributed by atoms with Crippen molar-refractivity contribution >= 4 is 11.6 Å². The van der Waals surface area contributed by atoms with Gasteiger partial charge in [0.2, 0.25) is 6.79 Å². The molecular weight excluding hydrogens is 310 g/mol. The maximum absolute atomic E-state index is 12.2. The highest BCUT2D eigenvalue weighted by molar-refractivity contribution is 5.92. The standard InChI is InChI=1S/C17H19N3O4/c1-22-7-6-18-13-3-4-14(19-10-13)17(21)20-9-12-2-5-15-16(8-12)24-11-23-15/h2-5,8,10,18H,6-7,9,11H2,1H3,(H,20,21). The van der Waals surface area contributed by atoms with Crippen LogP contribution in [0.1, 0.15) is 16.1 Å². The van der Waals surface area contributed by atoms with Gasteiger partial charge in [0.05, 0.1) is 18.5 Å². The van der Waals surface area contributed by atoms with Crippen LogP contribution in [0.15, 0.2) is 36.5 Å². The second-order valence-corrected chi connectivity index (χ2v) is 5.22. The molecule has 1 aliphatic heterocycles. The topological polar surface area (TPSA) is 81.7 Å². The summed E-state index contributed by atoms with van der Waals surface area (Å²) in [7, 11) is 1.65. The zero-order valence-corrected chi connectivity index (χ0v) is 13.4. The highest BCUT2D eigenvalue weighted by atomic mass is 16.7. The third kappa shape index (κ3) is 3.94. The van der Waals surface area contributed by atoms with E-state index in [4.69, 9.17) is 14.2 Å². The lowest BCUT2D eigenvalue weighted by Crippen LogP contribution is -2.23. The predicted molar refractivity (Wildman–Crippen MR) is 88.3 cm³/mol. The van der Waals surface area contributed by atoms with E-state index in [-0.39, 0.29) is 12.7 Å². The fraction of sp³-hybridized carbons (Fsp3) is 0.294. The number of fused-ring (bicyclic) bond motifs is 1. The zero-order valence-electron chi connectivity index (χ0n) is 13.4. The summed E-state index contributed by atoms with van der Waals surface area (Å²) >= 11 is 0. The Morgan fingerprint density at radius 1 is 1.25 bits per heavy atom. The summed E-state index contributed by atoms with van der Waals surface area (Å²) in [6, 6.07) is 9.09. The van der Waals surface area contributed by atoms with Gasteiger partial charge >= 0.3 is 0 Å². The number of rotatable bonds is 7. The van der Waals surface area contributed by atoms with E-state index in [1.165, 1.54) is 0 Å². The molecule has 0 saturated heterocycles. The number of hydrogen-bond acceptors (Lipinski definition) is 6. The minimum atomic E-state index is -0.226. The number of benzene rings is 1. The molecule has 7 nitrogen and oxygen atoms in total. The Hall–Kier alpha value is -2.80. The third-order valence-corrected chi connectivity index (χ3v) is 3.52. The lowest BCUT2D eigenvalue weighted by molar-refractivity contribution is 0.0946. The van der Waals surface area contributed by atoms with Crippen molar-refractivity contribution in [1.82, 2.24) is 10.3 Å². The summed E-state index contributed by atoms with van der Waals surface area (Å²) in [4.78, 5) is 16.3. The van der Waals surface area contributed by atoms with Crippen molar-refractivity contribution in [3.8, 4) is 11.5 Å². The molecule has 0 aliphatic carbocycles. The largest absolute Gasteiger partial charge is 0.454 e. The van der Waals surface area contributed by atoms with E-state index in [0.717, 1.165) is 17.0 Å². The maximum atomic E-state index is 12.2. The number of nitrogens with zero attached hydrogens (tertiary/aromatic N) is 1. The van der Waals surface area contributed by atoms with Crippen molar-refractivity contribution in [2.45, 2.75) is 6.54 Å². The van der Waals surface area contributed by atoms with Gasteiger partial charge < -0.3 is 24.8 Å². The van der Waals surface area contributed by atoms with E-state index in [2.05, 4.69) is 15.6 Å². The first-order chi connectivity index (χ1) is 11.8. The molecule has 126 valence electrons. The van der Waals surface area contributed by atoms with Crippen LogP contribution in [0.2, 0.25) is 0 Å². The van der Waals surface area contributed by atoms with Crippen LogP contribution < -0.4 is 20.1 Å². The molecule has 2 aromatic rings. The van der Waals surface area contributed by atoms with Gasteiger partial charge in [0.1, 0.15) is 5.69 Å². The van der Waals surface area contributed by atoms with Gasteiger partial charge in [-0.1, -0.05) is 6.07 Å². The van der Waals surface area contributed by atoms with Gasteiger partial charge in [0.15, 0.2) is 11.5 Å². The highest BCUT2D eigenvalue weighted by Gasteiger charge is 2.14. The van der Waals surface area contributed by atoms with Crippen LogP contribution in [0, 0.1) is 0 Å². The van der Waals surface area contributed by atoms with E-state index in [0.29, 0.717) is 31.1 Å².